The topological polar surface area (TPSA) is 209 Å². The number of β-lactam (4-membered cyclic amide) rings is 1. The van der Waals surface area contributed by atoms with Crippen molar-refractivity contribution in [1.82, 2.24) is 24.0 Å². The van der Waals surface area contributed by atoms with Crippen LogP contribution in [0.4, 0.5) is 5.13 Å². The lowest BCUT2D eigenvalue weighted by atomic mass is 10.0. The van der Waals surface area contributed by atoms with Crippen molar-refractivity contribution in [2.75, 3.05) is 18.1 Å². The highest BCUT2D eigenvalue weighted by atomic mass is 32.2. The SMILES string of the molecule is Nc1nc(/C(=N\OCC(=O)O)C(=O)N[C@@H]2C(=O)N3C(C(=O)[O-])=C(C[n+]4ccn5ccccc54)CS[C@H]23)ns1. The first-order chi connectivity index (χ1) is 18.2. The molecule has 5 rings (SSSR count). The molecule has 5 heterocycles. The summed E-state index contributed by atoms with van der Waals surface area (Å²) in [4.78, 5) is 58.5. The number of nitrogen functional groups attached to an aromatic ring is 1. The van der Waals surface area contributed by atoms with Gasteiger partial charge in [-0.05, 0) is 6.07 Å². The molecule has 2 aliphatic heterocycles. The van der Waals surface area contributed by atoms with E-state index in [-0.39, 0.29) is 29.0 Å². The Morgan fingerprint density at radius 1 is 1.34 bits per heavy atom. The third-order valence-electron chi connectivity index (χ3n) is 5.67. The number of nitrogens with zero attached hydrogens (tertiary/aromatic N) is 6. The molecule has 15 nitrogen and oxygen atoms in total. The molecular weight excluding hydrogens is 540 g/mol. The van der Waals surface area contributed by atoms with Crippen molar-refractivity contribution in [3.63, 3.8) is 0 Å². The van der Waals surface area contributed by atoms with Gasteiger partial charge in [-0.1, -0.05) is 11.2 Å². The fourth-order valence-electron chi connectivity index (χ4n) is 4.05. The van der Waals surface area contributed by atoms with Crippen LogP contribution in [-0.4, -0.2) is 77.0 Å². The number of imidazole rings is 1. The third kappa shape index (κ3) is 4.63. The molecule has 38 heavy (non-hydrogen) atoms. The minimum absolute atomic E-state index is 0.0256. The van der Waals surface area contributed by atoms with Crippen LogP contribution in [0.25, 0.3) is 5.65 Å². The number of carboxylic acid groups (broad SMARTS) is 2. The lowest BCUT2D eigenvalue weighted by Crippen LogP contribution is -2.71. The summed E-state index contributed by atoms with van der Waals surface area (Å²) >= 11 is 2.06. The van der Waals surface area contributed by atoms with Crippen molar-refractivity contribution >= 4 is 63.5 Å². The minimum atomic E-state index is -1.50. The summed E-state index contributed by atoms with van der Waals surface area (Å²) in [6.45, 7) is -0.609. The van der Waals surface area contributed by atoms with Gasteiger partial charge in [0.15, 0.2) is 5.13 Å². The average Bonchev–Trinajstić information content (AvgIpc) is 3.50. The van der Waals surface area contributed by atoms with Crippen LogP contribution in [0.15, 0.2) is 53.2 Å². The molecule has 0 bridgehead atoms. The van der Waals surface area contributed by atoms with Gasteiger partial charge < -0.3 is 30.9 Å². The van der Waals surface area contributed by atoms with Crippen LogP contribution in [0.3, 0.4) is 0 Å². The Balaban J connectivity index is 1.36. The predicted octanol–water partition coefficient (Wildman–Crippen LogP) is -2.43. The second-order valence-corrected chi connectivity index (χ2v) is 9.94. The number of amides is 2. The number of nitrogens with two attached hydrogens (primary N) is 1. The maximum Gasteiger partial charge on any atom is 0.344 e. The van der Waals surface area contributed by atoms with Gasteiger partial charge in [0.05, 0.1) is 17.9 Å². The van der Waals surface area contributed by atoms with Gasteiger partial charge in [-0.2, -0.15) is 9.36 Å². The fourth-order valence-corrected chi connectivity index (χ4v) is 5.82. The fraction of sp³-hybridized carbons (Fsp3) is 0.238. The van der Waals surface area contributed by atoms with Gasteiger partial charge in [-0.25, -0.2) is 13.8 Å². The van der Waals surface area contributed by atoms with Crippen molar-refractivity contribution in [1.29, 1.82) is 0 Å². The van der Waals surface area contributed by atoms with E-state index in [1.54, 1.807) is 6.20 Å². The first kappa shape index (κ1) is 25.2. The van der Waals surface area contributed by atoms with Gasteiger partial charge in [0.2, 0.25) is 18.1 Å². The van der Waals surface area contributed by atoms with Crippen molar-refractivity contribution in [3.8, 4) is 0 Å². The Morgan fingerprint density at radius 3 is 2.87 bits per heavy atom. The molecule has 2 aliphatic rings. The summed E-state index contributed by atoms with van der Waals surface area (Å²) in [7, 11) is 0. The molecule has 196 valence electrons. The molecular formula is C21H18N8O7S2. The monoisotopic (exact) mass is 558 g/mol. The number of rotatable bonds is 9. The number of fused-ring (bicyclic) bond motifs is 2. The molecule has 17 heteroatoms. The number of aliphatic carboxylic acids is 2. The molecule has 0 saturated carbocycles. The number of aromatic nitrogens is 4. The molecule has 0 aliphatic carbocycles. The standard InChI is InChI=1S/C21H18N8O7S2/c22-21-24-16(26-38-21)13(25-36-8-12(30)31)17(32)23-14-18(33)29-15(20(34)35)10(9-37-19(14)29)7-28-6-5-27-4-2-1-3-11(27)28/h1-6,14,19H,7-9H2,(H4-,22,23,24,26,30,31,32,34,35)/b25-13+/t14-,19-/m1/s1. The largest absolute Gasteiger partial charge is 0.543 e. The second-order valence-electron chi connectivity index (χ2n) is 8.06. The number of anilines is 1. The maximum absolute atomic E-state index is 13.0. The van der Waals surface area contributed by atoms with E-state index < -0.39 is 47.5 Å². The Labute approximate surface area is 221 Å². The zero-order chi connectivity index (χ0) is 27.0. The lowest BCUT2D eigenvalue weighted by molar-refractivity contribution is -0.662. The van der Waals surface area contributed by atoms with E-state index in [4.69, 9.17) is 10.8 Å². The normalized spacial score (nSPS) is 19.2. The first-order valence-corrected chi connectivity index (χ1v) is 12.7. The number of oxime groups is 1. The number of nitrogens with one attached hydrogen (secondary N) is 1. The van der Waals surface area contributed by atoms with Crippen LogP contribution in [0.1, 0.15) is 5.82 Å². The van der Waals surface area contributed by atoms with Crippen LogP contribution in [0.5, 0.6) is 0 Å². The minimum Gasteiger partial charge on any atom is -0.543 e. The molecule has 0 radical (unpaired) electrons. The van der Waals surface area contributed by atoms with E-state index in [0.717, 1.165) is 22.1 Å². The van der Waals surface area contributed by atoms with Crippen LogP contribution >= 0.6 is 23.3 Å². The number of carbonyl (C=O) groups is 4. The molecule has 2 amide bonds. The van der Waals surface area contributed by atoms with Gasteiger partial charge in [0.25, 0.3) is 17.5 Å². The Morgan fingerprint density at radius 2 is 2.16 bits per heavy atom. The Hall–Kier alpha value is -4.51. The lowest BCUT2D eigenvalue weighted by Gasteiger charge is -2.50. The Kier molecular flexibility index (Phi) is 6.68. The molecule has 4 N–H and O–H groups in total. The number of carbonyl (C=O) groups excluding carboxylic acids is 3. The van der Waals surface area contributed by atoms with Crippen LogP contribution < -0.4 is 20.7 Å². The van der Waals surface area contributed by atoms with E-state index in [2.05, 4.69) is 24.7 Å². The summed E-state index contributed by atoms with van der Waals surface area (Å²) in [5, 5.41) is 26.2. The summed E-state index contributed by atoms with van der Waals surface area (Å²) in [5.41, 5.74) is 6.16. The third-order valence-corrected chi connectivity index (χ3v) is 7.55. The van der Waals surface area contributed by atoms with Crippen LogP contribution in [0, 0.1) is 0 Å². The van der Waals surface area contributed by atoms with E-state index in [0.29, 0.717) is 5.57 Å². The number of thioether (sulfide) groups is 1. The van der Waals surface area contributed by atoms with Gasteiger partial charge >= 0.3 is 5.97 Å². The summed E-state index contributed by atoms with van der Waals surface area (Å²) in [6.07, 6.45) is 5.49. The number of hydrogen-bond donors (Lipinski definition) is 3. The van der Waals surface area contributed by atoms with E-state index in [1.807, 2.05) is 39.6 Å². The van der Waals surface area contributed by atoms with Crippen molar-refractivity contribution in [3.05, 3.63) is 53.9 Å². The summed E-state index contributed by atoms with van der Waals surface area (Å²) < 4.78 is 7.61. The molecule has 0 unspecified atom stereocenters. The Bertz CT molecular complexity index is 1530. The average molecular weight is 559 g/mol. The van der Waals surface area contributed by atoms with Gasteiger partial charge in [0.1, 0.15) is 30.4 Å². The first-order valence-electron chi connectivity index (χ1n) is 10.9. The van der Waals surface area contributed by atoms with Gasteiger partial charge in [-0.3, -0.25) is 14.5 Å². The molecule has 0 spiro atoms. The van der Waals surface area contributed by atoms with Crippen molar-refractivity contribution in [2.24, 2.45) is 5.16 Å². The van der Waals surface area contributed by atoms with E-state index in [9.17, 15) is 24.3 Å². The summed E-state index contributed by atoms with van der Waals surface area (Å²) in [5.74, 6) is -4.35. The smallest absolute Gasteiger partial charge is 0.344 e. The highest BCUT2D eigenvalue weighted by Crippen LogP contribution is 2.40. The van der Waals surface area contributed by atoms with E-state index in [1.165, 1.54) is 11.8 Å². The highest BCUT2D eigenvalue weighted by molar-refractivity contribution is 8.00. The number of carboxylic acids is 2. The van der Waals surface area contributed by atoms with Crippen molar-refractivity contribution < 1.29 is 38.8 Å². The predicted molar refractivity (Wildman–Crippen MR) is 129 cm³/mol. The highest BCUT2D eigenvalue weighted by Gasteiger charge is 2.53. The molecule has 1 fully saturated rings. The van der Waals surface area contributed by atoms with Crippen molar-refractivity contribution in [2.45, 2.75) is 18.0 Å². The second kappa shape index (κ2) is 10.1. The van der Waals surface area contributed by atoms with E-state index >= 15 is 0 Å². The quantitative estimate of drug-likeness (QED) is 0.109. The number of pyridine rings is 1. The molecule has 3 aromatic rings. The zero-order valence-corrected chi connectivity index (χ0v) is 20.8. The zero-order valence-electron chi connectivity index (χ0n) is 19.2. The van der Waals surface area contributed by atoms with Crippen LogP contribution in [-0.2, 0) is 30.6 Å². The molecule has 2 atom stereocenters. The van der Waals surface area contributed by atoms with Gasteiger partial charge in [0, 0.05) is 28.9 Å². The summed E-state index contributed by atoms with van der Waals surface area (Å²) in [6, 6.07) is 4.51. The number of hydrogen-bond acceptors (Lipinski definition) is 12. The molecule has 3 aromatic heterocycles. The molecule has 1 saturated heterocycles. The maximum atomic E-state index is 13.0. The van der Waals surface area contributed by atoms with Crippen LogP contribution in [0.2, 0.25) is 0 Å². The molecule has 0 aromatic carbocycles. The van der Waals surface area contributed by atoms with Gasteiger partial charge in [-0.15, -0.1) is 11.8 Å².